The maximum absolute atomic E-state index is 12.2. The minimum atomic E-state index is -0.435. The van der Waals surface area contributed by atoms with Crippen molar-refractivity contribution in [3.05, 3.63) is 47.7 Å². The van der Waals surface area contributed by atoms with Crippen molar-refractivity contribution in [3.63, 3.8) is 0 Å². The maximum atomic E-state index is 12.2. The molecule has 1 saturated heterocycles. The highest BCUT2D eigenvalue weighted by Gasteiger charge is 2.50. The number of aromatic nitrogens is 1. The van der Waals surface area contributed by atoms with Crippen LogP contribution in [0.15, 0.2) is 36.3 Å². The Balaban J connectivity index is 1.85. The molecule has 102 valence electrons. The largest absolute Gasteiger partial charge is 0.369 e. The van der Waals surface area contributed by atoms with Gasteiger partial charge in [-0.15, -0.1) is 0 Å². The molecular formula is C16H17N3O. The normalized spacial score (nSPS) is 22.9. The zero-order valence-electron chi connectivity index (χ0n) is 11.8. The highest BCUT2D eigenvalue weighted by molar-refractivity contribution is 6.02. The predicted molar refractivity (Wildman–Crippen MR) is 77.0 cm³/mol. The second-order valence-electron chi connectivity index (χ2n) is 6.46. The lowest BCUT2D eigenvalue weighted by Gasteiger charge is -2.54. The molecule has 1 aromatic heterocycles. The van der Waals surface area contributed by atoms with E-state index in [0.717, 1.165) is 25.2 Å². The van der Waals surface area contributed by atoms with Gasteiger partial charge in [-0.2, -0.15) is 0 Å². The SMILES string of the molecule is [C-]#[N+]C1=CC2(CN(c3cccnc3)C2)CC(C)(C)C1=O. The fourth-order valence-corrected chi connectivity index (χ4v) is 3.44. The molecule has 0 amide bonds. The molecule has 0 N–H and O–H groups in total. The summed E-state index contributed by atoms with van der Waals surface area (Å²) in [5, 5.41) is 0. The number of Topliss-reactive ketones (excluding diaryl/α,β-unsaturated/α-hetero) is 1. The van der Waals surface area contributed by atoms with Crippen LogP contribution in [0.1, 0.15) is 20.3 Å². The third kappa shape index (κ3) is 1.90. The van der Waals surface area contributed by atoms with E-state index in [1.54, 1.807) is 6.20 Å². The van der Waals surface area contributed by atoms with Crippen molar-refractivity contribution >= 4 is 11.5 Å². The summed E-state index contributed by atoms with van der Waals surface area (Å²) in [6.45, 7) is 12.8. The van der Waals surface area contributed by atoms with E-state index in [2.05, 4.69) is 14.7 Å². The summed E-state index contributed by atoms with van der Waals surface area (Å²) in [4.78, 5) is 22.0. The third-order valence-corrected chi connectivity index (χ3v) is 4.23. The molecular weight excluding hydrogens is 250 g/mol. The maximum Gasteiger partial charge on any atom is 0.226 e. The first-order chi connectivity index (χ1) is 9.46. The molecule has 0 saturated carbocycles. The van der Waals surface area contributed by atoms with Gasteiger partial charge in [-0.1, -0.05) is 19.9 Å². The van der Waals surface area contributed by atoms with Gasteiger partial charge >= 0.3 is 0 Å². The summed E-state index contributed by atoms with van der Waals surface area (Å²) >= 11 is 0. The van der Waals surface area contributed by atoms with Crippen molar-refractivity contribution in [2.45, 2.75) is 20.3 Å². The summed E-state index contributed by atoms with van der Waals surface area (Å²) in [7, 11) is 0. The summed E-state index contributed by atoms with van der Waals surface area (Å²) in [5.74, 6) is -0.0158. The van der Waals surface area contributed by atoms with Gasteiger partial charge in [-0.3, -0.25) is 4.98 Å². The van der Waals surface area contributed by atoms with Crippen LogP contribution >= 0.6 is 0 Å². The molecule has 1 aliphatic heterocycles. The number of allylic oxidation sites excluding steroid dienone is 1. The van der Waals surface area contributed by atoms with E-state index >= 15 is 0 Å². The van der Waals surface area contributed by atoms with Gasteiger partial charge in [-0.05, 0) is 18.6 Å². The summed E-state index contributed by atoms with van der Waals surface area (Å²) in [6, 6.07) is 3.97. The van der Waals surface area contributed by atoms with Crippen LogP contribution in [0.2, 0.25) is 0 Å². The van der Waals surface area contributed by atoms with Gasteiger partial charge in [0.1, 0.15) is 0 Å². The number of hydrogen-bond donors (Lipinski definition) is 0. The van der Waals surface area contributed by atoms with Crippen molar-refractivity contribution in [2.24, 2.45) is 10.8 Å². The highest BCUT2D eigenvalue weighted by atomic mass is 16.1. The molecule has 0 atom stereocenters. The Bertz CT molecular complexity index is 619. The molecule has 1 spiro atoms. The number of ketones is 1. The van der Waals surface area contributed by atoms with Gasteiger partial charge in [0.25, 0.3) is 0 Å². The van der Waals surface area contributed by atoms with Crippen molar-refractivity contribution in [1.29, 1.82) is 0 Å². The topological polar surface area (TPSA) is 37.6 Å². The van der Waals surface area contributed by atoms with Crippen molar-refractivity contribution in [2.75, 3.05) is 18.0 Å². The number of anilines is 1. The Morgan fingerprint density at radius 3 is 2.75 bits per heavy atom. The van der Waals surface area contributed by atoms with Crippen LogP contribution in [0, 0.1) is 17.4 Å². The molecule has 1 aliphatic carbocycles. The summed E-state index contributed by atoms with van der Waals surface area (Å²) < 4.78 is 0. The standard InChI is InChI=1S/C16H17N3O/c1-15(2)9-16(7-13(17-3)14(15)20)10-19(11-16)12-5-4-6-18-8-12/h4-8H,9-11H2,1-2H3. The molecule has 0 radical (unpaired) electrons. The summed E-state index contributed by atoms with van der Waals surface area (Å²) in [6.07, 6.45) is 6.33. The number of hydrogen-bond acceptors (Lipinski definition) is 3. The summed E-state index contributed by atoms with van der Waals surface area (Å²) in [5.41, 5.74) is 0.945. The third-order valence-electron chi connectivity index (χ3n) is 4.23. The van der Waals surface area contributed by atoms with Crippen LogP contribution in [0.25, 0.3) is 4.85 Å². The molecule has 4 heteroatoms. The minimum Gasteiger partial charge on any atom is -0.369 e. The average molecular weight is 267 g/mol. The lowest BCUT2D eigenvalue weighted by molar-refractivity contribution is -0.125. The van der Waals surface area contributed by atoms with Crippen LogP contribution in [0.3, 0.4) is 0 Å². The number of carbonyl (C=O) groups excluding carboxylic acids is 1. The minimum absolute atomic E-state index is 0.0158. The second kappa shape index (κ2) is 4.17. The molecule has 3 rings (SSSR count). The van der Waals surface area contributed by atoms with Gasteiger partial charge in [-0.25, -0.2) is 4.85 Å². The molecule has 4 nitrogen and oxygen atoms in total. The van der Waals surface area contributed by atoms with E-state index in [0.29, 0.717) is 5.70 Å². The quantitative estimate of drug-likeness (QED) is 0.734. The van der Waals surface area contributed by atoms with Crippen molar-refractivity contribution in [3.8, 4) is 0 Å². The Morgan fingerprint density at radius 1 is 1.40 bits per heavy atom. The van der Waals surface area contributed by atoms with E-state index in [1.165, 1.54) is 0 Å². The Hall–Kier alpha value is -2.15. The monoisotopic (exact) mass is 267 g/mol. The van der Waals surface area contributed by atoms with Crippen LogP contribution < -0.4 is 4.90 Å². The van der Waals surface area contributed by atoms with E-state index in [4.69, 9.17) is 6.57 Å². The number of rotatable bonds is 1. The van der Waals surface area contributed by atoms with E-state index in [1.807, 2.05) is 38.3 Å². The van der Waals surface area contributed by atoms with Gasteiger partial charge < -0.3 is 9.69 Å². The van der Waals surface area contributed by atoms with Crippen LogP contribution in [-0.2, 0) is 4.79 Å². The molecule has 20 heavy (non-hydrogen) atoms. The number of pyridine rings is 1. The van der Waals surface area contributed by atoms with Gasteiger partial charge in [0.15, 0.2) is 5.78 Å². The first-order valence-corrected chi connectivity index (χ1v) is 6.76. The number of carbonyl (C=O) groups is 1. The Morgan fingerprint density at radius 2 is 2.15 bits per heavy atom. The average Bonchev–Trinajstić information content (AvgIpc) is 2.40. The zero-order valence-corrected chi connectivity index (χ0v) is 11.8. The first-order valence-electron chi connectivity index (χ1n) is 6.76. The molecule has 1 fully saturated rings. The van der Waals surface area contributed by atoms with Gasteiger partial charge in [0, 0.05) is 30.1 Å². The van der Waals surface area contributed by atoms with E-state index < -0.39 is 5.41 Å². The Kier molecular flexibility index (Phi) is 2.68. The molecule has 0 unspecified atom stereocenters. The van der Waals surface area contributed by atoms with Gasteiger partial charge in [0.05, 0.1) is 18.5 Å². The molecule has 2 aliphatic rings. The number of nitrogens with zero attached hydrogens (tertiary/aromatic N) is 3. The smallest absolute Gasteiger partial charge is 0.226 e. The van der Waals surface area contributed by atoms with Crippen molar-refractivity contribution < 1.29 is 4.79 Å². The van der Waals surface area contributed by atoms with Crippen LogP contribution in [-0.4, -0.2) is 23.9 Å². The lowest BCUT2D eigenvalue weighted by atomic mass is 9.62. The fourth-order valence-electron chi connectivity index (χ4n) is 3.44. The Labute approximate surface area is 118 Å². The van der Waals surface area contributed by atoms with Crippen LogP contribution in [0.4, 0.5) is 5.69 Å². The highest BCUT2D eigenvalue weighted by Crippen LogP contribution is 2.49. The second-order valence-corrected chi connectivity index (χ2v) is 6.46. The van der Waals surface area contributed by atoms with E-state index in [9.17, 15) is 4.79 Å². The predicted octanol–water partition coefficient (Wildman–Crippen LogP) is 2.69. The first kappa shape index (κ1) is 12.9. The van der Waals surface area contributed by atoms with Crippen molar-refractivity contribution in [1.82, 2.24) is 4.98 Å². The molecule has 2 heterocycles. The van der Waals surface area contributed by atoms with Gasteiger partial charge in [0.2, 0.25) is 5.70 Å². The fraction of sp³-hybridized carbons (Fsp3) is 0.438. The molecule has 1 aromatic rings. The van der Waals surface area contributed by atoms with E-state index in [-0.39, 0.29) is 11.2 Å². The van der Waals surface area contributed by atoms with Crippen LogP contribution in [0.5, 0.6) is 0 Å². The lowest BCUT2D eigenvalue weighted by Crippen LogP contribution is -2.59. The zero-order chi connectivity index (χ0) is 14.4. The molecule has 0 bridgehead atoms. The molecule has 0 aromatic carbocycles.